The van der Waals surface area contributed by atoms with Gasteiger partial charge >= 0.3 is 12.1 Å². The molecule has 0 aliphatic heterocycles. The molecule has 0 saturated carbocycles. The second-order valence-corrected chi connectivity index (χ2v) is 14.2. The molecule has 0 radical (unpaired) electrons. The van der Waals surface area contributed by atoms with Gasteiger partial charge in [-0.15, -0.1) is 0 Å². The molecule has 0 rings (SSSR count). The number of esters is 1. The third-order valence-electron chi connectivity index (χ3n) is 9.21. The van der Waals surface area contributed by atoms with Crippen molar-refractivity contribution in [2.24, 2.45) is 0 Å². The maximum Gasteiger partial charge on any atom is 0.407 e. The largest absolute Gasteiger partial charge is 0.462 e. The van der Waals surface area contributed by atoms with Crippen molar-refractivity contribution in [1.29, 1.82) is 0 Å². The van der Waals surface area contributed by atoms with Gasteiger partial charge in [0.1, 0.15) is 12.7 Å². The SMILES string of the molecule is CCCCCCCCC(CCCCCCCC)OC(=O)CCCCCCCN(CCCCCCCC)CCOC(=O)NCCN(C)C. The van der Waals surface area contributed by atoms with Crippen molar-refractivity contribution in [2.45, 2.75) is 194 Å². The Bertz CT molecular complexity index is 660. The van der Waals surface area contributed by atoms with E-state index >= 15 is 0 Å². The minimum absolute atomic E-state index is 0.0165. The van der Waals surface area contributed by atoms with Crippen LogP contribution in [0.15, 0.2) is 0 Å². The molecule has 0 aromatic rings. The van der Waals surface area contributed by atoms with E-state index in [9.17, 15) is 9.59 Å². The van der Waals surface area contributed by atoms with E-state index in [1.165, 1.54) is 122 Å². The second kappa shape index (κ2) is 36.0. The van der Waals surface area contributed by atoms with Crippen LogP contribution in [0.25, 0.3) is 0 Å². The molecule has 280 valence electrons. The molecule has 0 bridgehead atoms. The fraction of sp³-hybridized carbons (Fsp3) is 0.950. The van der Waals surface area contributed by atoms with Gasteiger partial charge in [-0.3, -0.25) is 9.69 Å². The number of nitrogens with zero attached hydrogens (tertiary/aromatic N) is 2. The first kappa shape index (κ1) is 45.7. The number of carbonyl (C=O) groups is 2. The van der Waals surface area contributed by atoms with Crippen molar-refractivity contribution < 1.29 is 19.1 Å². The first-order valence-electron chi connectivity index (χ1n) is 20.4. The molecular formula is C40H81N3O4. The molecule has 0 aromatic carbocycles. The molecule has 7 heteroatoms. The fourth-order valence-electron chi connectivity index (χ4n) is 6.10. The third-order valence-corrected chi connectivity index (χ3v) is 9.21. The Labute approximate surface area is 293 Å². The standard InChI is InChI=1S/C40H81N3O4/c1-6-9-12-15-19-24-29-38(30-25-20-16-13-10-7-2)47-39(44)31-26-21-18-23-28-34-43(33-27-22-17-14-11-8-3)36-37-46-40(45)41-32-35-42(4)5/h38H,6-37H2,1-5H3,(H,41,45). The summed E-state index contributed by atoms with van der Waals surface area (Å²) >= 11 is 0. The molecular weight excluding hydrogens is 586 g/mol. The Morgan fingerprint density at radius 1 is 0.553 bits per heavy atom. The van der Waals surface area contributed by atoms with E-state index in [1.54, 1.807) is 0 Å². The highest BCUT2D eigenvalue weighted by atomic mass is 16.5. The summed E-state index contributed by atoms with van der Waals surface area (Å²) in [5.74, 6) is 0.0165. The van der Waals surface area contributed by atoms with E-state index in [0.717, 1.165) is 64.7 Å². The molecule has 0 atom stereocenters. The minimum atomic E-state index is -0.318. The van der Waals surface area contributed by atoms with E-state index < -0.39 is 0 Å². The Kier molecular flexibility index (Phi) is 34.9. The smallest absolute Gasteiger partial charge is 0.407 e. The number of unbranched alkanes of at least 4 members (excludes halogenated alkanes) is 19. The zero-order valence-corrected chi connectivity index (χ0v) is 32.2. The number of likely N-dealkylation sites (N-methyl/N-ethyl adjacent to an activating group) is 1. The van der Waals surface area contributed by atoms with Gasteiger partial charge in [-0.1, -0.05) is 136 Å². The zero-order chi connectivity index (χ0) is 34.6. The summed E-state index contributed by atoms with van der Waals surface area (Å²) in [5, 5.41) is 2.83. The Balaban J connectivity index is 4.35. The normalized spacial score (nSPS) is 11.6. The van der Waals surface area contributed by atoms with Crippen LogP contribution in [-0.4, -0.2) is 81.4 Å². The summed E-state index contributed by atoms with van der Waals surface area (Å²) in [5.41, 5.74) is 0. The van der Waals surface area contributed by atoms with E-state index in [0.29, 0.717) is 19.6 Å². The van der Waals surface area contributed by atoms with Crippen molar-refractivity contribution in [1.82, 2.24) is 15.1 Å². The Hall–Kier alpha value is -1.34. The molecule has 47 heavy (non-hydrogen) atoms. The van der Waals surface area contributed by atoms with Crippen molar-refractivity contribution in [3.8, 4) is 0 Å². The Morgan fingerprint density at radius 2 is 1.00 bits per heavy atom. The molecule has 0 aliphatic rings. The quantitative estimate of drug-likeness (QED) is 0.0530. The number of ether oxygens (including phenoxy) is 2. The van der Waals surface area contributed by atoms with Gasteiger partial charge in [0.15, 0.2) is 0 Å². The summed E-state index contributed by atoms with van der Waals surface area (Å²) < 4.78 is 11.5. The van der Waals surface area contributed by atoms with Gasteiger partial charge in [-0.05, 0) is 72.1 Å². The molecule has 0 aliphatic carbocycles. The topological polar surface area (TPSA) is 71.1 Å². The van der Waals surface area contributed by atoms with Crippen molar-refractivity contribution in [3.05, 3.63) is 0 Å². The summed E-state index contributed by atoms with van der Waals surface area (Å²) in [6, 6.07) is 0. The number of nitrogens with one attached hydrogen (secondary N) is 1. The number of hydrogen-bond acceptors (Lipinski definition) is 6. The monoisotopic (exact) mass is 668 g/mol. The lowest BCUT2D eigenvalue weighted by Gasteiger charge is -2.22. The second-order valence-electron chi connectivity index (χ2n) is 14.2. The Morgan fingerprint density at radius 3 is 1.49 bits per heavy atom. The van der Waals surface area contributed by atoms with Crippen molar-refractivity contribution >= 4 is 12.1 Å². The molecule has 0 heterocycles. The highest BCUT2D eigenvalue weighted by molar-refractivity contribution is 5.69. The average molecular weight is 668 g/mol. The lowest BCUT2D eigenvalue weighted by Crippen LogP contribution is -2.35. The minimum Gasteiger partial charge on any atom is -0.462 e. The van der Waals surface area contributed by atoms with Gasteiger partial charge in [0.2, 0.25) is 0 Å². The van der Waals surface area contributed by atoms with Gasteiger partial charge in [0.05, 0.1) is 0 Å². The van der Waals surface area contributed by atoms with Crippen LogP contribution in [0.2, 0.25) is 0 Å². The summed E-state index contributed by atoms with van der Waals surface area (Å²) in [7, 11) is 3.99. The number of rotatable bonds is 36. The lowest BCUT2D eigenvalue weighted by atomic mass is 10.0. The summed E-state index contributed by atoms with van der Waals surface area (Å²) in [6.07, 6.45) is 31.1. The zero-order valence-electron chi connectivity index (χ0n) is 32.2. The van der Waals surface area contributed by atoms with Crippen LogP contribution in [0.4, 0.5) is 4.79 Å². The molecule has 7 nitrogen and oxygen atoms in total. The van der Waals surface area contributed by atoms with Gasteiger partial charge in [-0.2, -0.15) is 0 Å². The van der Waals surface area contributed by atoms with Crippen molar-refractivity contribution in [2.75, 3.05) is 53.4 Å². The molecule has 0 fully saturated rings. The first-order valence-corrected chi connectivity index (χ1v) is 20.4. The number of amides is 1. The van der Waals surface area contributed by atoms with Gasteiger partial charge < -0.3 is 19.7 Å². The predicted octanol–water partition coefficient (Wildman–Crippen LogP) is 10.7. The number of alkyl carbamates (subject to hydrolysis) is 1. The molecule has 0 saturated heterocycles. The van der Waals surface area contributed by atoms with Crippen LogP contribution in [0.3, 0.4) is 0 Å². The van der Waals surface area contributed by atoms with Crippen molar-refractivity contribution in [3.63, 3.8) is 0 Å². The van der Waals surface area contributed by atoms with Gasteiger partial charge in [0.25, 0.3) is 0 Å². The van der Waals surface area contributed by atoms with E-state index in [-0.39, 0.29) is 18.2 Å². The first-order chi connectivity index (χ1) is 22.9. The third kappa shape index (κ3) is 34.3. The molecule has 0 aromatic heterocycles. The number of hydrogen-bond donors (Lipinski definition) is 1. The van der Waals surface area contributed by atoms with Crippen LogP contribution < -0.4 is 5.32 Å². The van der Waals surface area contributed by atoms with Gasteiger partial charge in [-0.25, -0.2) is 4.79 Å². The summed E-state index contributed by atoms with van der Waals surface area (Å²) in [4.78, 5) is 29.3. The van der Waals surface area contributed by atoms with Crippen LogP contribution >= 0.6 is 0 Å². The van der Waals surface area contributed by atoms with Crippen LogP contribution in [-0.2, 0) is 14.3 Å². The van der Waals surface area contributed by atoms with Crippen LogP contribution in [0, 0.1) is 0 Å². The maximum absolute atomic E-state index is 12.7. The van der Waals surface area contributed by atoms with Gasteiger partial charge in [0, 0.05) is 26.1 Å². The van der Waals surface area contributed by atoms with Crippen LogP contribution in [0.1, 0.15) is 188 Å². The maximum atomic E-state index is 12.7. The average Bonchev–Trinajstić information content (AvgIpc) is 3.04. The lowest BCUT2D eigenvalue weighted by molar-refractivity contribution is -0.150. The number of carbonyl (C=O) groups excluding carboxylic acids is 2. The molecule has 0 spiro atoms. The summed E-state index contributed by atoms with van der Waals surface area (Å²) in [6.45, 7) is 11.5. The highest BCUT2D eigenvalue weighted by Gasteiger charge is 2.14. The molecule has 1 N–H and O–H groups in total. The van der Waals surface area contributed by atoms with Crippen LogP contribution in [0.5, 0.6) is 0 Å². The molecule has 0 unspecified atom stereocenters. The predicted molar refractivity (Wildman–Crippen MR) is 201 cm³/mol. The molecule has 1 amide bonds. The van der Waals surface area contributed by atoms with E-state index in [1.807, 2.05) is 19.0 Å². The van der Waals surface area contributed by atoms with E-state index in [4.69, 9.17) is 9.47 Å². The fourth-order valence-corrected chi connectivity index (χ4v) is 6.10. The van der Waals surface area contributed by atoms with E-state index in [2.05, 4.69) is 31.0 Å². The highest BCUT2D eigenvalue weighted by Crippen LogP contribution is 2.18.